The molecule has 7 nitrogen and oxygen atoms in total. The average molecular weight is 297 g/mol. The molecule has 0 aromatic heterocycles. The van der Waals surface area contributed by atoms with Crippen molar-refractivity contribution in [3.8, 4) is 0 Å². The van der Waals surface area contributed by atoms with Crippen molar-refractivity contribution in [2.24, 2.45) is 11.7 Å². The topological polar surface area (TPSA) is 115 Å². The Balaban J connectivity index is 2.94. The third-order valence-electron chi connectivity index (χ3n) is 2.83. The summed E-state index contributed by atoms with van der Waals surface area (Å²) >= 11 is 0. The number of rotatable bonds is 6. The molecule has 0 unspecified atom stereocenters. The van der Waals surface area contributed by atoms with E-state index in [1.807, 2.05) is 0 Å². The molecule has 0 bridgehead atoms. The van der Waals surface area contributed by atoms with Crippen molar-refractivity contribution in [3.63, 3.8) is 0 Å². The van der Waals surface area contributed by atoms with E-state index in [1.165, 1.54) is 6.07 Å². The van der Waals surface area contributed by atoms with Crippen LogP contribution in [0.15, 0.2) is 18.2 Å². The van der Waals surface area contributed by atoms with E-state index in [-0.39, 0.29) is 18.2 Å². The first-order valence-corrected chi connectivity index (χ1v) is 6.25. The summed E-state index contributed by atoms with van der Waals surface area (Å²) in [5, 5.41) is 13.1. The van der Waals surface area contributed by atoms with Gasteiger partial charge in [-0.2, -0.15) is 4.39 Å². The highest BCUT2D eigenvalue weighted by Gasteiger charge is 2.22. The zero-order valence-corrected chi connectivity index (χ0v) is 11.6. The Morgan fingerprint density at radius 3 is 2.52 bits per heavy atom. The summed E-state index contributed by atoms with van der Waals surface area (Å²) in [5.74, 6) is -2.44. The SMILES string of the molecule is CC(C)C(=O)N[C@@H](Cc1ccc(F)c([N+](=O)[O-])c1)C(N)=O. The van der Waals surface area contributed by atoms with Crippen LogP contribution in [0.4, 0.5) is 10.1 Å². The normalized spacial score (nSPS) is 12.0. The number of carbonyl (C=O) groups excluding carboxylic acids is 2. The first-order chi connectivity index (χ1) is 9.72. The van der Waals surface area contributed by atoms with Crippen molar-refractivity contribution in [3.05, 3.63) is 39.7 Å². The summed E-state index contributed by atoms with van der Waals surface area (Å²) in [6.07, 6.45) is -0.0467. The van der Waals surface area contributed by atoms with Gasteiger partial charge in [0.25, 0.3) is 0 Å². The number of hydrogen-bond donors (Lipinski definition) is 2. The molecule has 8 heteroatoms. The van der Waals surface area contributed by atoms with Gasteiger partial charge >= 0.3 is 5.69 Å². The minimum Gasteiger partial charge on any atom is -0.368 e. The zero-order chi connectivity index (χ0) is 16.2. The van der Waals surface area contributed by atoms with E-state index in [9.17, 15) is 24.1 Å². The van der Waals surface area contributed by atoms with Gasteiger partial charge in [-0.15, -0.1) is 0 Å². The maximum absolute atomic E-state index is 13.2. The number of nitro groups is 1. The van der Waals surface area contributed by atoms with Crippen LogP contribution in [-0.2, 0) is 16.0 Å². The van der Waals surface area contributed by atoms with Gasteiger partial charge in [-0.3, -0.25) is 19.7 Å². The van der Waals surface area contributed by atoms with Crippen molar-refractivity contribution in [1.29, 1.82) is 0 Å². The second-order valence-corrected chi connectivity index (χ2v) is 4.87. The maximum atomic E-state index is 13.2. The Morgan fingerprint density at radius 1 is 1.43 bits per heavy atom. The Kier molecular flexibility index (Phi) is 5.34. The van der Waals surface area contributed by atoms with Gasteiger partial charge in [0.05, 0.1) is 4.92 Å². The molecular weight excluding hydrogens is 281 g/mol. The van der Waals surface area contributed by atoms with Crippen LogP contribution in [0.1, 0.15) is 19.4 Å². The molecule has 0 heterocycles. The summed E-state index contributed by atoms with van der Waals surface area (Å²) in [4.78, 5) is 32.7. The molecule has 1 rings (SSSR count). The van der Waals surface area contributed by atoms with Gasteiger partial charge in [0.15, 0.2) is 0 Å². The predicted molar refractivity (Wildman–Crippen MR) is 72.7 cm³/mol. The molecule has 1 atom stereocenters. The van der Waals surface area contributed by atoms with Crippen molar-refractivity contribution in [2.45, 2.75) is 26.3 Å². The highest BCUT2D eigenvalue weighted by Crippen LogP contribution is 2.19. The van der Waals surface area contributed by atoms with Crippen LogP contribution in [0.3, 0.4) is 0 Å². The van der Waals surface area contributed by atoms with Gasteiger partial charge in [0.2, 0.25) is 17.6 Å². The van der Waals surface area contributed by atoms with E-state index in [0.717, 1.165) is 12.1 Å². The zero-order valence-electron chi connectivity index (χ0n) is 11.6. The molecule has 3 N–H and O–H groups in total. The summed E-state index contributed by atoms with van der Waals surface area (Å²) in [6.45, 7) is 3.30. The van der Waals surface area contributed by atoms with Crippen molar-refractivity contribution in [1.82, 2.24) is 5.32 Å². The summed E-state index contributed by atoms with van der Waals surface area (Å²) in [6, 6.07) is 2.26. The number of hydrogen-bond acceptors (Lipinski definition) is 4. The summed E-state index contributed by atoms with van der Waals surface area (Å²) < 4.78 is 13.2. The van der Waals surface area contributed by atoms with Gasteiger partial charge < -0.3 is 11.1 Å². The third-order valence-corrected chi connectivity index (χ3v) is 2.83. The second kappa shape index (κ2) is 6.78. The maximum Gasteiger partial charge on any atom is 0.305 e. The van der Waals surface area contributed by atoms with Gasteiger partial charge in [0.1, 0.15) is 6.04 Å². The lowest BCUT2D eigenvalue weighted by molar-refractivity contribution is -0.387. The van der Waals surface area contributed by atoms with Crippen LogP contribution in [0.25, 0.3) is 0 Å². The molecule has 1 aromatic carbocycles. The van der Waals surface area contributed by atoms with Gasteiger partial charge in [-0.25, -0.2) is 0 Å². The molecule has 0 spiro atoms. The first kappa shape index (κ1) is 16.5. The van der Waals surface area contributed by atoms with E-state index < -0.39 is 28.4 Å². The van der Waals surface area contributed by atoms with Gasteiger partial charge in [-0.05, 0) is 11.6 Å². The number of nitrogens with two attached hydrogens (primary N) is 1. The number of benzene rings is 1. The Bertz CT molecular complexity index is 575. The molecule has 1 aromatic rings. The Labute approximate surface area is 120 Å². The molecule has 0 aliphatic carbocycles. The number of halogens is 1. The Hall–Kier alpha value is -2.51. The largest absolute Gasteiger partial charge is 0.368 e. The van der Waals surface area contributed by atoms with E-state index >= 15 is 0 Å². The highest BCUT2D eigenvalue weighted by atomic mass is 19.1. The van der Waals surface area contributed by atoms with Crippen molar-refractivity contribution in [2.75, 3.05) is 0 Å². The summed E-state index contributed by atoms with van der Waals surface area (Å²) in [5.41, 5.74) is 4.84. The number of nitrogens with zero attached hydrogens (tertiary/aromatic N) is 1. The van der Waals surface area contributed by atoms with Crippen LogP contribution >= 0.6 is 0 Å². The lowest BCUT2D eigenvalue weighted by Crippen LogP contribution is -2.47. The molecule has 0 radical (unpaired) electrons. The average Bonchev–Trinajstić information content (AvgIpc) is 2.39. The highest BCUT2D eigenvalue weighted by molar-refractivity contribution is 5.87. The molecule has 114 valence electrons. The number of nitrogens with one attached hydrogen (secondary N) is 1. The lowest BCUT2D eigenvalue weighted by atomic mass is 10.0. The molecule has 0 fully saturated rings. The van der Waals surface area contributed by atoms with E-state index in [0.29, 0.717) is 5.56 Å². The smallest absolute Gasteiger partial charge is 0.305 e. The first-order valence-electron chi connectivity index (χ1n) is 6.25. The lowest BCUT2D eigenvalue weighted by Gasteiger charge is -2.17. The third kappa shape index (κ3) is 4.51. The molecule has 21 heavy (non-hydrogen) atoms. The van der Waals surface area contributed by atoms with Gasteiger partial charge in [-0.1, -0.05) is 19.9 Å². The van der Waals surface area contributed by atoms with Crippen LogP contribution in [0.2, 0.25) is 0 Å². The standard InChI is InChI=1S/C13H16FN3O4/c1-7(2)13(19)16-10(12(15)18)5-8-3-4-9(14)11(6-8)17(20)21/h3-4,6-7,10H,5H2,1-2H3,(H2,15,18)(H,16,19)/t10-/m0/s1. The number of carbonyl (C=O) groups is 2. The summed E-state index contributed by atoms with van der Waals surface area (Å²) in [7, 11) is 0. The van der Waals surface area contributed by atoms with Crippen LogP contribution in [0, 0.1) is 21.8 Å². The quantitative estimate of drug-likeness (QED) is 0.599. The predicted octanol–water partition coefficient (Wildman–Crippen LogP) is 0.902. The second-order valence-electron chi connectivity index (χ2n) is 4.87. The fourth-order valence-corrected chi connectivity index (χ4v) is 1.62. The fourth-order valence-electron chi connectivity index (χ4n) is 1.62. The van der Waals surface area contributed by atoms with Crippen molar-refractivity contribution >= 4 is 17.5 Å². The Morgan fingerprint density at radius 2 is 2.05 bits per heavy atom. The van der Waals surface area contributed by atoms with Gasteiger partial charge in [0, 0.05) is 18.4 Å². The minimum atomic E-state index is -1.01. The molecule has 0 aliphatic heterocycles. The number of primary amides is 1. The molecule has 2 amide bonds. The fraction of sp³-hybridized carbons (Fsp3) is 0.385. The van der Waals surface area contributed by atoms with E-state index in [2.05, 4.69) is 5.32 Å². The monoisotopic (exact) mass is 297 g/mol. The van der Waals surface area contributed by atoms with E-state index in [1.54, 1.807) is 13.8 Å². The van der Waals surface area contributed by atoms with Crippen LogP contribution in [0.5, 0.6) is 0 Å². The molecule has 0 saturated carbocycles. The minimum absolute atomic E-state index is 0.0467. The van der Waals surface area contributed by atoms with Crippen LogP contribution < -0.4 is 11.1 Å². The molecule has 0 saturated heterocycles. The van der Waals surface area contributed by atoms with Crippen molar-refractivity contribution < 1.29 is 18.9 Å². The molecular formula is C13H16FN3O4. The number of nitro benzene ring substituents is 1. The van der Waals surface area contributed by atoms with E-state index in [4.69, 9.17) is 5.73 Å². The number of amides is 2. The molecule has 0 aliphatic rings. The van der Waals surface area contributed by atoms with Crippen LogP contribution in [-0.4, -0.2) is 22.8 Å².